The first-order chi connectivity index (χ1) is 7.42. The molecule has 0 spiro atoms. The molecule has 0 aromatic heterocycles. The first kappa shape index (κ1) is 11.1. The normalized spacial score (nSPS) is 17.6. The van der Waals surface area contributed by atoms with Crippen molar-refractivity contribution < 1.29 is 8.42 Å². The molecule has 0 unspecified atom stereocenters. The van der Waals surface area contributed by atoms with Crippen LogP contribution in [0.3, 0.4) is 0 Å². The number of rotatable bonds is 1. The molecule has 5 heteroatoms. The van der Waals surface area contributed by atoms with Crippen molar-refractivity contribution in [2.75, 3.05) is 0 Å². The summed E-state index contributed by atoms with van der Waals surface area (Å²) in [6.45, 7) is 5.51. The SMILES string of the molecule is Cc1cccc2c1=NS(=O)(=O)N(C(C)C)C=2. The zero-order valence-corrected chi connectivity index (χ0v) is 10.3. The van der Waals surface area contributed by atoms with Gasteiger partial charge in [-0.1, -0.05) is 18.2 Å². The lowest BCUT2D eigenvalue weighted by molar-refractivity contribution is 0.463. The van der Waals surface area contributed by atoms with Crippen molar-refractivity contribution in [3.8, 4) is 0 Å². The maximum absolute atomic E-state index is 11.9. The maximum Gasteiger partial charge on any atom is 0.345 e. The Morgan fingerprint density at radius 3 is 2.62 bits per heavy atom. The first-order valence-electron chi connectivity index (χ1n) is 5.13. The Labute approximate surface area is 95.1 Å². The lowest BCUT2D eigenvalue weighted by Crippen LogP contribution is -2.42. The average Bonchev–Trinajstić information content (AvgIpc) is 2.17. The van der Waals surface area contributed by atoms with Crippen LogP contribution in [-0.4, -0.2) is 18.8 Å². The van der Waals surface area contributed by atoms with Gasteiger partial charge >= 0.3 is 10.2 Å². The summed E-state index contributed by atoms with van der Waals surface area (Å²) in [5, 5.41) is 1.41. The minimum Gasteiger partial charge on any atom is -0.256 e. The second-order valence-electron chi connectivity index (χ2n) is 4.13. The number of fused-ring (bicyclic) bond motifs is 1. The molecule has 0 fully saturated rings. The topological polar surface area (TPSA) is 49.7 Å². The summed E-state index contributed by atoms with van der Waals surface area (Å²) in [7, 11) is -3.56. The molecule has 0 saturated heterocycles. The van der Waals surface area contributed by atoms with E-state index in [0.29, 0.717) is 5.36 Å². The van der Waals surface area contributed by atoms with E-state index >= 15 is 0 Å². The van der Waals surface area contributed by atoms with Gasteiger partial charge in [0.1, 0.15) is 0 Å². The molecule has 1 aliphatic rings. The Morgan fingerprint density at radius 2 is 2.00 bits per heavy atom. The van der Waals surface area contributed by atoms with Crippen molar-refractivity contribution in [1.82, 2.24) is 4.31 Å². The van der Waals surface area contributed by atoms with Crippen LogP contribution in [0.1, 0.15) is 19.4 Å². The minimum absolute atomic E-state index is 0.123. The fourth-order valence-corrected chi connectivity index (χ4v) is 3.05. The van der Waals surface area contributed by atoms with E-state index in [1.807, 2.05) is 39.0 Å². The van der Waals surface area contributed by atoms with Gasteiger partial charge in [-0.2, -0.15) is 8.42 Å². The average molecular weight is 238 g/mol. The molecule has 0 saturated carbocycles. The summed E-state index contributed by atoms with van der Waals surface area (Å²) in [6.07, 6.45) is 1.65. The zero-order chi connectivity index (χ0) is 11.9. The number of hydrogen-bond acceptors (Lipinski definition) is 2. The Morgan fingerprint density at radius 1 is 1.31 bits per heavy atom. The van der Waals surface area contributed by atoms with E-state index in [9.17, 15) is 8.42 Å². The molecule has 0 amide bonds. The third-order valence-electron chi connectivity index (χ3n) is 2.52. The summed E-state index contributed by atoms with van der Waals surface area (Å²) < 4.78 is 28.9. The van der Waals surface area contributed by atoms with Crippen LogP contribution in [0.15, 0.2) is 22.6 Å². The number of aryl methyl sites for hydroxylation is 1. The molecular formula is C11H14N2O2S. The lowest BCUT2D eigenvalue weighted by atomic mass is 10.2. The number of benzene rings is 1. The standard InChI is InChI=1S/C11H14N2O2S/c1-8(2)13-7-10-6-4-5-9(3)11(10)12-16(13,14)15/h4-8H,1-3H3. The van der Waals surface area contributed by atoms with Crippen molar-refractivity contribution in [2.45, 2.75) is 26.8 Å². The molecular weight excluding hydrogens is 224 g/mol. The van der Waals surface area contributed by atoms with E-state index in [2.05, 4.69) is 4.40 Å². The van der Waals surface area contributed by atoms with Crippen LogP contribution in [-0.2, 0) is 10.2 Å². The van der Waals surface area contributed by atoms with Crippen molar-refractivity contribution in [3.05, 3.63) is 34.3 Å². The fourth-order valence-electron chi connectivity index (χ4n) is 1.69. The summed E-state index contributed by atoms with van der Waals surface area (Å²) in [6, 6.07) is 5.51. The molecule has 16 heavy (non-hydrogen) atoms. The summed E-state index contributed by atoms with van der Waals surface area (Å²) in [5.41, 5.74) is 0.876. The van der Waals surface area contributed by atoms with E-state index in [0.717, 1.165) is 10.8 Å². The van der Waals surface area contributed by atoms with Crippen LogP contribution < -0.4 is 10.6 Å². The van der Waals surface area contributed by atoms with Gasteiger partial charge in [0.15, 0.2) is 0 Å². The molecule has 4 nitrogen and oxygen atoms in total. The van der Waals surface area contributed by atoms with E-state index in [1.54, 1.807) is 6.20 Å². The molecule has 0 atom stereocenters. The van der Waals surface area contributed by atoms with Crippen molar-refractivity contribution >= 4 is 16.4 Å². The van der Waals surface area contributed by atoms with Crippen molar-refractivity contribution in [2.24, 2.45) is 4.40 Å². The molecule has 1 aromatic carbocycles. The Bertz CT molecular complexity index is 632. The van der Waals surface area contributed by atoms with Gasteiger partial charge in [-0.05, 0) is 26.3 Å². The summed E-state index contributed by atoms with van der Waals surface area (Å²) in [5.74, 6) is 0. The number of nitrogens with zero attached hydrogens (tertiary/aromatic N) is 2. The smallest absolute Gasteiger partial charge is 0.256 e. The molecule has 0 aliphatic carbocycles. The third-order valence-corrected chi connectivity index (χ3v) is 3.99. The maximum atomic E-state index is 11.9. The predicted octanol–water partition coefficient (Wildman–Crippen LogP) is 0.321. The highest BCUT2D eigenvalue weighted by Crippen LogP contribution is 2.10. The molecule has 1 heterocycles. The Kier molecular flexibility index (Phi) is 2.50. The van der Waals surface area contributed by atoms with Gasteiger partial charge < -0.3 is 0 Å². The van der Waals surface area contributed by atoms with E-state index in [1.165, 1.54) is 4.31 Å². The Hall–Kier alpha value is -1.36. The van der Waals surface area contributed by atoms with Crippen molar-refractivity contribution in [3.63, 3.8) is 0 Å². The molecule has 1 aliphatic heterocycles. The quantitative estimate of drug-likeness (QED) is 0.707. The van der Waals surface area contributed by atoms with Gasteiger partial charge in [-0.3, -0.25) is 4.31 Å². The van der Waals surface area contributed by atoms with Gasteiger partial charge in [0.2, 0.25) is 0 Å². The third kappa shape index (κ3) is 1.71. The van der Waals surface area contributed by atoms with E-state index < -0.39 is 10.2 Å². The van der Waals surface area contributed by atoms with Crippen molar-refractivity contribution in [1.29, 1.82) is 0 Å². The highest BCUT2D eigenvalue weighted by atomic mass is 32.2. The monoisotopic (exact) mass is 238 g/mol. The van der Waals surface area contributed by atoms with Gasteiger partial charge in [-0.25, -0.2) is 0 Å². The second kappa shape index (κ2) is 3.59. The van der Waals surface area contributed by atoms with E-state index in [4.69, 9.17) is 0 Å². The molecule has 0 bridgehead atoms. The first-order valence-corrected chi connectivity index (χ1v) is 6.52. The van der Waals surface area contributed by atoms with Gasteiger partial charge in [0.25, 0.3) is 0 Å². The second-order valence-corrected chi connectivity index (χ2v) is 5.63. The van der Waals surface area contributed by atoms with Gasteiger partial charge in [0.05, 0.1) is 5.36 Å². The lowest BCUT2D eigenvalue weighted by Gasteiger charge is -2.23. The van der Waals surface area contributed by atoms with Crippen LogP contribution in [0.5, 0.6) is 0 Å². The van der Waals surface area contributed by atoms with Crippen LogP contribution in [0.2, 0.25) is 0 Å². The zero-order valence-electron chi connectivity index (χ0n) is 9.51. The highest BCUT2D eigenvalue weighted by molar-refractivity contribution is 7.88. The summed E-state index contributed by atoms with van der Waals surface area (Å²) >= 11 is 0. The molecule has 0 radical (unpaired) electrons. The predicted molar refractivity (Wildman–Crippen MR) is 62.3 cm³/mol. The van der Waals surface area contributed by atoms with Gasteiger partial charge in [0, 0.05) is 17.5 Å². The summed E-state index contributed by atoms with van der Waals surface area (Å²) in [4.78, 5) is 0. The molecule has 1 aromatic rings. The van der Waals surface area contributed by atoms with E-state index in [-0.39, 0.29) is 6.04 Å². The van der Waals surface area contributed by atoms with Crippen LogP contribution in [0, 0.1) is 6.92 Å². The van der Waals surface area contributed by atoms with Crippen LogP contribution in [0.4, 0.5) is 0 Å². The van der Waals surface area contributed by atoms with Gasteiger partial charge in [-0.15, -0.1) is 4.40 Å². The minimum atomic E-state index is -3.56. The fraction of sp³-hybridized carbons (Fsp3) is 0.364. The van der Waals surface area contributed by atoms with Crippen LogP contribution in [0.25, 0.3) is 6.20 Å². The molecule has 86 valence electrons. The highest BCUT2D eigenvalue weighted by Gasteiger charge is 2.23. The largest absolute Gasteiger partial charge is 0.345 e. The molecule has 2 rings (SSSR count). The Balaban J connectivity index is 2.82. The molecule has 0 N–H and O–H groups in total. The number of hydrogen-bond donors (Lipinski definition) is 0. The van der Waals surface area contributed by atoms with Crippen LogP contribution >= 0.6 is 0 Å².